The molecule has 4 heteroatoms. The van der Waals surface area contributed by atoms with Gasteiger partial charge in [-0.2, -0.15) is 5.26 Å². The van der Waals surface area contributed by atoms with Gasteiger partial charge in [-0.05, 0) is 23.6 Å². The molecule has 0 aliphatic carbocycles. The predicted octanol–water partition coefficient (Wildman–Crippen LogP) is 4.58. The molecule has 0 aliphatic rings. The molecule has 2 aromatic rings. The summed E-state index contributed by atoms with van der Waals surface area (Å²) in [7, 11) is 0. The fourth-order valence-electron chi connectivity index (χ4n) is 1.96. The monoisotopic (exact) mass is 290 g/mol. The fraction of sp³-hybridized carbons (Fsp3) is 0.333. The van der Waals surface area contributed by atoms with E-state index < -0.39 is 0 Å². The van der Waals surface area contributed by atoms with Crippen molar-refractivity contribution in [3.8, 4) is 6.07 Å². The minimum absolute atomic E-state index is 0.354. The normalized spacial score (nSPS) is 10.7. The van der Waals surface area contributed by atoms with Crippen molar-refractivity contribution in [3.05, 3.63) is 50.4 Å². The standard InChI is InChI=1S/C15H15ClN2S/c1-10(2)15-13(6-7-17)19-14(18-15)9-11-4-3-5-12(16)8-11/h3-5,8,10H,6,9H2,1-2H3. The molecule has 0 atom stereocenters. The van der Waals surface area contributed by atoms with Gasteiger partial charge in [0.25, 0.3) is 0 Å². The third kappa shape index (κ3) is 3.56. The summed E-state index contributed by atoms with van der Waals surface area (Å²) in [5, 5.41) is 10.7. The number of nitrogens with zero attached hydrogens (tertiary/aromatic N) is 2. The van der Waals surface area contributed by atoms with E-state index in [1.807, 2.05) is 24.3 Å². The van der Waals surface area contributed by atoms with Crippen molar-refractivity contribution < 1.29 is 0 Å². The Morgan fingerprint density at radius 1 is 1.42 bits per heavy atom. The van der Waals surface area contributed by atoms with Crippen LogP contribution in [0.2, 0.25) is 5.02 Å². The van der Waals surface area contributed by atoms with E-state index >= 15 is 0 Å². The summed E-state index contributed by atoms with van der Waals surface area (Å²) in [6.45, 7) is 4.22. The highest BCUT2D eigenvalue weighted by atomic mass is 35.5. The largest absolute Gasteiger partial charge is 0.245 e. The number of thiazole rings is 1. The molecule has 98 valence electrons. The zero-order valence-electron chi connectivity index (χ0n) is 11.0. The Balaban J connectivity index is 2.26. The lowest BCUT2D eigenvalue weighted by atomic mass is 10.1. The van der Waals surface area contributed by atoms with Gasteiger partial charge in [-0.25, -0.2) is 4.98 Å². The molecule has 0 amide bonds. The number of hydrogen-bond acceptors (Lipinski definition) is 3. The van der Waals surface area contributed by atoms with Crippen LogP contribution in [-0.4, -0.2) is 4.98 Å². The third-order valence-corrected chi connectivity index (χ3v) is 4.11. The maximum atomic E-state index is 8.87. The zero-order valence-corrected chi connectivity index (χ0v) is 12.6. The lowest BCUT2D eigenvalue weighted by Gasteiger charge is -2.01. The first-order valence-corrected chi connectivity index (χ1v) is 7.39. The van der Waals surface area contributed by atoms with Gasteiger partial charge in [0.05, 0.1) is 23.2 Å². The SMILES string of the molecule is CC(C)c1nc(Cc2cccc(Cl)c2)sc1CC#N. The van der Waals surface area contributed by atoms with E-state index in [-0.39, 0.29) is 0 Å². The van der Waals surface area contributed by atoms with Gasteiger partial charge in [0.1, 0.15) is 0 Å². The Morgan fingerprint density at radius 2 is 2.21 bits per heavy atom. The first-order valence-electron chi connectivity index (χ1n) is 6.20. The predicted molar refractivity (Wildman–Crippen MR) is 79.8 cm³/mol. The topological polar surface area (TPSA) is 36.7 Å². The third-order valence-electron chi connectivity index (χ3n) is 2.80. The van der Waals surface area contributed by atoms with Crippen molar-refractivity contribution >= 4 is 22.9 Å². The molecule has 0 saturated carbocycles. The van der Waals surface area contributed by atoms with Gasteiger partial charge in [0.2, 0.25) is 0 Å². The highest BCUT2D eigenvalue weighted by Gasteiger charge is 2.14. The zero-order chi connectivity index (χ0) is 13.8. The van der Waals surface area contributed by atoms with Crippen LogP contribution in [0.1, 0.15) is 40.9 Å². The second-order valence-corrected chi connectivity index (χ2v) is 6.32. The smallest absolute Gasteiger partial charge is 0.0975 e. The first-order chi connectivity index (χ1) is 9.10. The molecule has 1 aromatic carbocycles. The molecule has 0 bridgehead atoms. The van der Waals surface area contributed by atoms with Crippen LogP contribution in [0.15, 0.2) is 24.3 Å². The summed E-state index contributed by atoms with van der Waals surface area (Å²) >= 11 is 7.62. The van der Waals surface area contributed by atoms with Crippen molar-refractivity contribution in [3.63, 3.8) is 0 Å². The summed E-state index contributed by atoms with van der Waals surface area (Å²) in [6.07, 6.45) is 1.22. The average Bonchev–Trinajstić information content (AvgIpc) is 2.73. The summed E-state index contributed by atoms with van der Waals surface area (Å²) in [4.78, 5) is 5.77. The van der Waals surface area contributed by atoms with Crippen molar-refractivity contribution in [1.82, 2.24) is 4.98 Å². The van der Waals surface area contributed by atoms with E-state index in [1.54, 1.807) is 11.3 Å². The molecular weight excluding hydrogens is 276 g/mol. The molecule has 2 nitrogen and oxygen atoms in total. The van der Waals surface area contributed by atoms with E-state index in [0.717, 1.165) is 32.6 Å². The van der Waals surface area contributed by atoms with Crippen LogP contribution in [0.5, 0.6) is 0 Å². The summed E-state index contributed by atoms with van der Waals surface area (Å²) < 4.78 is 0. The van der Waals surface area contributed by atoms with E-state index in [0.29, 0.717) is 12.3 Å². The van der Waals surface area contributed by atoms with Crippen LogP contribution in [0.25, 0.3) is 0 Å². The first kappa shape index (κ1) is 14.0. The van der Waals surface area contributed by atoms with Crippen LogP contribution in [0.4, 0.5) is 0 Å². The molecule has 0 unspecified atom stereocenters. The maximum Gasteiger partial charge on any atom is 0.0975 e. The molecule has 2 rings (SSSR count). The molecule has 19 heavy (non-hydrogen) atoms. The number of hydrogen-bond donors (Lipinski definition) is 0. The molecule has 1 heterocycles. The van der Waals surface area contributed by atoms with Crippen molar-refractivity contribution in [1.29, 1.82) is 5.26 Å². The molecule has 0 spiro atoms. The van der Waals surface area contributed by atoms with Gasteiger partial charge in [0, 0.05) is 16.3 Å². The number of benzene rings is 1. The van der Waals surface area contributed by atoms with Gasteiger partial charge in [0.15, 0.2) is 0 Å². The van der Waals surface area contributed by atoms with Crippen LogP contribution in [0.3, 0.4) is 0 Å². The van der Waals surface area contributed by atoms with E-state index in [9.17, 15) is 0 Å². The lowest BCUT2D eigenvalue weighted by Crippen LogP contribution is -1.94. The van der Waals surface area contributed by atoms with Crippen molar-refractivity contribution in [2.75, 3.05) is 0 Å². The minimum atomic E-state index is 0.354. The number of nitriles is 1. The molecule has 0 fully saturated rings. The molecule has 0 radical (unpaired) electrons. The lowest BCUT2D eigenvalue weighted by molar-refractivity contribution is 0.813. The average molecular weight is 291 g/mol. The highest BCUT2D eigenvalue weighted by molar-refractivity contribution is 7.11. The van der Waals surface area contributed by atoms with E-state index in [1.165, 1.54) is 0 Å². The molecule has 0 N–H and O–H groups in total. The Hall–Kier alpha value is -1.37. The molecule has 0 aliphatic heterocycles. The summed E-state index contributed by atoms with van der Waals surface area (Å²) in [6, 6.07) is 10.0. The van der Waals surface area contributed by atoms with Gasteiger partial charge in [-0.15, -0.1) is 11.3 Å². The highest BCUT2D eigenvalue weighted by Crippen LogP contribution is 2.27. The Morgan fingerprint density at radius 3 is 2.84 bits per heavy atom. The Bertz CT molecular complexity index is 611. The maximum absolute atomic E-state index is 8.87. The van der Waals surface area contributed by atoms with Crippen LogP contribution < -0.4 is 0 Å². The van der Waals surface area contributed by atoms with Gasteiger partial charge < -0.3 is 0 Å². The number of aromatic nitrogens is 1. The Labute approximate surface area is 122 Å². The number of halogens is 1. The van der Waals surface area contributed by atoms with Crippen LogP contribution >= 0.6 is 22.9 Å². The van der Waals surface area contributed by atoms with Crippen LogP contribution in [0, 0.1) is 11.3 Å². The van der Waals surface area contributed by atoms with E-state index in [4.69, 9.17) is 16.9 Å². The summed E-state index contributed by atoms with van der Waals surface area (Å²) in [5.74, 6) is 0.354. The van der Waals surface area contributed by atoms with Crippen molar-refractivity contribution in [2.24, 2.45) is 0 Å². The Kier molecular flexibility index (Phi) is 4.57. The summed E-state index contributed by atoms with van der Waals surface area (Å²) in [5.41, 5.74) is 2.21. The molecular formula is C15H15ClN2S. The van der Waals surface area contributed by atoms with Gasteiger partial charge in [-0.3, -0.25) is 0 Å². The van der Waals surface area contributed by atoms with Crippen LogP contribution in [-0.2, 0) is 12.8 Å². The minimum Gasteiger partial charge on any atom is -0.245 e. The quantitative estimate of drug-likeness (QED) is 0.826. The van der Waals surface area contributed by atoms with Gasteiger partial charge >= 0.3 is 0 Å². The second kappa shape index (κ2) is 6.18. The molecule has 0 saturated heterocycles. The number of rotatable bonds is 4. The van der Waals surface area contributed by atoms with Crippen molar-refractivity contribution in [2.45, 2.75) is 32.6 Å². The second-order valence-electron chi connectivity index (χ2n) is 4.71. The fourth-order valence-corrected chi connectivity index (χ4v) is 3.36. The molecule has 1 aromatic heterocycles. The van der Waals surface area contributed by atoms with Gasteiger partial charge in [-0.1, -0.05) is 37.6 Å². The van der Waals surface area contributed by atoms with E-state index in [2.05, 4.69) is 24.9 Å².